The molecule has 0 saturated carbocycles. The summed E-state index contributed by atoms with van der Waals surface area (Å²) in [6.07, 6.45) is 0. The number of Topliss-reactive ketones (excluding diaryl/α,β-unsaturated/α-hetero) is 1. The van der Waals surface area contributed by atoms with Crippen LogP contribution in [-0.4, -0.2) is 48.0 Å². The fourth-order valence-corrected chi connectivity index (χ4v) is 4.79. The summed E-state index contributed by atoms with van der Waals surface area (Å²) >= 11 is 0. The molecule has 0 aliphatic heterocycles. The van der Waals surface area contributed by atoms with Crippen molar-refractivity contribution in [1.29, 1.82) is 0 Å². The van der Waals surface area contributed by atoms with E-state index in [0.717, 1.165) is 4.31 Å². The van der Waals surface area contributed by atoms with Crippen molar-refractivity contribution < 1.29 is 32.2 Å². The van der Waals surface area contributed by atoms with Crippen LogP contribution in [0.1, 0.15) is 17.3 Å². The number of hydrogen-bond donors (Lipinski definition) is 1. The van der Waals surface area contributed by atoms with Crippen LogP contribution >= 0.6 is 0 Å². The minimum absolute atomic E-state index is 0.0832. The van der Waals surface area contributed by atoms with Gasteiger partial charge in [0, 0.05) is 11.6 Å². The van der Waals surface area contributed by atoms with Crippen LogP contribution in [0.3, 0.4) is 0 Å². The Morgan fingerprint density at radius 1 is 0.857 bits per heavy atom. The Hall–Kier alpha value is -4.05. The largest absolute Gasteiger partial charge is 0.497 e. The van der Waals surface area contributed by atoms with Crippen molar-refractivity contribution >= 4 is 33.1 Å². The molecule has 0 unspecified atom stereocenters. The van der Waals surface area contributed by atoms with Gasteiger partial charge in [0.25, 0.3) is 10.0 Å². The molecule has 0 aliphatic carbocycles. The van der Waals surface area contributed by atoms with Gasteiger partial charge in [-0.2, -0.15) is 0 Å². The van der Waals surface area contributed by atoms with E-state index in [0.29, 0.717) is 22.7 Å². The van der Waals surface area contributed by atoms with E-state index in [9.17, 15) is 18.0 Å². The van der Waals surface area contributed by atoms with Gasteiger partial charge >= 0.3 is 0 Å². The van der Waals surface area contributed by atoms with Crippen molar-refractivity contribution in [1.82, 2.24) is 0 Å². The molecule has 0 heterocycles. The zero-order chi connectivity index (χ0) is 25.6. The van der Waals surface area contributed by atoms with Gasteiger partial charge in [0.15, 0.2) is 5.78 Å². The maximum Gasteiger partial charge on any atom is 0.264 e. The van der Waals surface area contributed by atoms with Crippen molar-refractivity contribution in [3.8, 4) is 17.2 Å². The summed E-state index contributed by atoms with van der Waals surface area (Å²) in [5, 5.41) is 2.69. The number of anilines is 2. The third kappa shape index (κ3) is 5.72. The van der Waals surface area contributed by atoms with Crippen LogP contribution in [0.2, 0.25) is 0 Å². The molecule has 9 nitrogen and oxygen atoms in total. The van der Waals surface area contributed by atoms with Gasteiger partial charge in [0.05, 0.1) is 37.6 Å². The van der Waals surface area contributed by atoms with Crippen LogP contribution < -0.4 is 23.8 Å². The molecule has 0 radical (unpaired) electrons. The Balaban J connectivity index is 2.01. The molecule has 1 N–H and O–H groups in total. The normalized spacial score (nSPS) is 10.9. The van der Waals surface area contributed by atoms with Crippen LogP contribution in [0.5, 0.6) is 17.2 Å². The first kappa shape index (κ1) is 25.6. The molecule has 0 saturated heterocycles. The van der Waals surface area contributed by atoms with Gasteiger partial charge in [-0.3, -0.25) is 13.9 Å². The zero-order valence-electron chi connectivity index (χ0n) is 19.8. The van der Waals surface area contributed by atoms with Crippen LogP contribution in [0.15, 0.2) is 71.6 Å². The third-order valence-electron chi connectivity index (χ3n) is 5.17. The summed E-state index contributed by atoms with van der Waals surface area (Å²) in [4.78, 5) is 24.6. The molecular formula is C25H26N2O7S. The molecule has 3 aromatic carbocycles. The van der Waals surface area contributed by atoms with E-state index in [4.69, 9.17) is 14.2 Å². The lowest BCUT2D eigenvalue weighted by atomic mass is 10.2. The monoisotopic (exact) mass is 498 g/mol. The number of ketones is 1. The molecule has 0 spiro atoms. The van der Waals surface area contributed by atoms with Gasteiger partial charge in [0.1, 0.15) is 23.8 Å². The quantitative estimate of drug-likeness (QED) is 0.424. The van der Waals surface area contributed by atoms with Crippen molar-refractivity contribution in [2.24, 2.45) is 0 Å². The molecule has 3 aromatic rings. The number of sulfonamides is 1. The molecule has 1 amide bonds. The van der Waals surface area contributed by atoms with Crippen molar-refractivity contribution in [3.63, 3.8) is 0 Å². The first-order chi connectivity index (χ1) is 16.7. The molecule has 0 bridgehead atoms. The lowest BCUT2D eigenvalue weighted by Crippen LogP contribution is -2.38. The third-order valence-corrected chi connectivity index (χ3v) is 6.94. The van der Waals surface area contributed by atoms with Gasteiger partial charge in [-0.15, -0.1) is 0 Å². The molecule has 0 aromatic heterocycles. The van der Waals surface area contributed by atoms with Gasteiger partial charge in [-0.25, -0.2) is 8.42 Å². The number of rotatable bonds is 10. The summed E-state index contributed by atoms with van der Waals surface area (Å²) in [7, 11) is 0.128. The fraction of sp³-hybridized carbons (Fsp3) is 0.200. The van der Waals surface area contributed by atoms with Gasteiger partial charge < -0.3 is 19.5 Å². The van der Waals surface area contributed by atoms with E-state index in [1.807, 2.05) is 0 Å². The Kier molecular flexibility index (Phi) is 7.98. The van der Waals surface area contributed by atoms with Gasteiger partial charge in [0.2, 0.25) is 5.91 Å². The summed E-state index contributed by atoms with van der Waals surface area (Å²) in [6.45, 7) is 0.833. The number of benzene rings is 3. The van der Waals surface area contributed by atoms with Crippen LogP contribution in [0, 0.1) is 0 Å². The molecule has 10 heteroatoms. The highest BCUT2D eigenvalue weighted by Crippen LogP contribution is 2.33. The lowest BCUT2D eigenvalue weighted by molar-refractivity contribution is -0.114. The predicted molar refractivity (Wildman–Crippen MR) is 132 cm³/mol. The van der Waals surface area contributed by atoms with E-state index in [1.54, 1.807) is 42.5 Å². The lowest BCUT2D eigenvalue weighted by Gasteiger charge is -2.26. The van der Waals surface area contributed by atoms with Crippen molar-refractivity contribution in [2.75, 3.05) is 37.5 Å². The number of methoxy groups -OCH3 is 3. The first-order valence-electron chi connectivity index (χ1n) is 10.5. The van der Waals surface area contributed by atoms with E-state index < -0.39 is 22.5 Å². The second kappa shape index (κ2) is 10.9. The molecule has 184 valence electrons. The molecule has 0 atom stereocenters. The van der Waals surface area contributed by atoms with Crippen LogP contribution in [-0.2, 0) is 14.8 Å². The number of nitrogens with zero attached hydrogens (tertiary/aromatic N) is 1. The average Bonchev–Trinajstić information content (AvgIpc) is 2.87. The first-order valence-corrected chi connectivity index (χ1v) is 11.9. The molecule has 0 fully saturated rings. The molecule has 0 aliphatic rings. The molecule has 35 heavy (non-hydrogen) atoms. The Morgan fingerprint density at radius 3 is 2.11 bits per heavy atom. The number of nitrogens with one attached hydrogen (secondary N) is 1. The van der Waals surface area contributed by atoms with Crippen molar-refractivity contribution in [3.05, 3.63) is 72.3 Å². The standard InChI is InChI=1S/C25H26N2O7S/c1-17(28)18-9-12-20(13-10-18)35(30,31)27(22-7-5-6-8-24(22)34-4)16-25(29)26-21-15-19(32-2)11-14-23(21)33-3/h5-15H,16H2,1-4H3,(H,26,29). The van der Waals surface area contributed by atoms with Gasteiger partial charge in [-0.05, 0) is 43.3 Å². The predicted octanol–water partition coefficient (Wildman–Crippen LogP) is 3.75. The van der Waals surface area contributed by atoms with E-state index in [2.05, 4.69) is 5.32 Å². The summed E-state index contributed by atoms with van der Waals surface area (Å²) in [5.74, 6) is 0.322. The highest BCUT2D eigenvalue weighted by molar-refractivity contribution is 7.92. The SMILES string of the molecule is COc1ccc(OC)c(NC(=O)CN(c2ccccc2OC)S(=O)(=O)c2ccc(C(C)=O)cc2)c1. The van der Waals surface area contributed by atoms with Crippen molar-refractivity contribution in [2.45, 2.75) is 11.8 Å². The van der Waals surface area contributed by atoms with E-state index in [1.165, 1.54) is 52.5 Å². The minimum atomic E-state index is -4.22. The maximum absolute atomic E-state index is 13.7. The smallest absolute Gasteiger partial charge is 0.264 e. The molecule has 3 rings (SSSR count). The minimum Gasteiger partial charge on any atom is -0.497 e. The second-order valence-corrected chi connectivity index (χ2v) is 9.24. The van der Waals surface area contributed by atoms with E-state index in [-0.39, 0.29) is 22.1 Å². The number of carbonyl (C=O) groups is 2. The number of amides is 1. The Bertz CT molecular complexity index is 1320. The Morgan fingerprint density at radius 2 is 1.51 bits per heavy atom. The second-order valence-electron chi connectivity index (χ2n) is 7.38. The van der Waals surface area contributed by atoms with Gasteiger partial charge in [-0.1, -0.05) is 24.3 Å². The highest BCUT2D eigenvalue weighted by atomic mass is 32.2. The number of para-hydroxylation sites is 2. The Labute approximate surface area is 204 Å². The fourth-order valence-electron chi connectivity index (χ4n) is 3.36. The zero-order valence-corrected chi connectivity index (χ0v) is 20.6. The van der Waals surface area contributed by atoms with E-state index >= 15 is 0 Å². The number of carbonyl (C=O) groups excluding carboxylic acids is 2. The number of hydrogen-bond acceptors (Lipinski definition) is 7. The van der Waals surface area contributed by atoms with Crippen LogP contribution in [0.25, 0.3) is 0 Å². The average molecular weight is 499 g/mol. The number of ether oxygens (including phenoxy) is 3. The summed E-state index contributed by atoms with van der Waals surface area (Å²) in [5.41, 5.74) is 0.870. The maximum atomic E-state index is 13.7. The highest BCUT2D eigenvalue weighted by Gasteiger charge is 2.29. The summed E-state index contributed by atoms with van der Waals surface area (Å²) in [6, 6.07) is 16.9. The molecular weight excluding hydrogens is 472 g/mol. The topological polar surface area (TPSA) is 111 Å². The summed E-state index contributed by atoms with van der Waals surface area (Å²) < 4.78 is 44.1. The van der Waals surface area contributed by atoms with Crippen LogP contribution in [0.4, 0.5) is 11.4 Å².